The smallest absolute Gasteiger partial charge is 0.322 e. The third-order valence-electron chi connectivity index (χ3n) is 5.37. The van der Waals surface area contributed by atoms with Crippen molar-refractivity contribution >= 4 is 29.4 Å². The summed E-state index contributed by atoms with van der Waals surface area (Å²) in [5, 5.41) is 6.47. The topological polar surface area (TPSA) is 81.8 Å². The molecule has 1 aliphatic carbocycles. The molecule has 0 bridgehead atoms. The lowest BCUT2D eigenvalue weighted by Gasteiger charge is -2.32. The van der Waals surface area contributed by atoms with E-state index in [4.69, 9.17) is 11.6 Å². The third-order valence-corrected chi connectivity index (χ3v) is 5.62. The van der Waals surface area contributed by atoms with Gasteiger partial charge < -0.3 is 15.5 Å². The summed E-state index contributed by atoms with van der Waals surface area (Å²) in [7, 11) is 0. The molecule has 1 aromatic carbocycles. The van der Waals surface area contributed by atoms with Crippen LogP contribution in [0.5, 0.6) is 0 Å². The molecule has 4 amide bonds. The number of hydrogen-bond acceptors (Lipinski definition) is 3. The van der Waals surface area contributed by atoms with Crippen LogP contribution in [-0.2, 0) is 9.59 Å². The van der Waals surface area contributed by atoms with Crippen LogP contribution in [0.3, 0.4) is 0 Å². The molecule has 0 radical (unpaired) electrons. The van der Waals surface area contributed by atoms with Crippen LogP contribution in [0.25, 0.3) is 0 Å². The molecule has 2 aliphatic heterocycles. The molecule has 7 nitrogen and oxygen atoms in total. The van der Waals surface area contributed by atoms with E-state index in [0.29, 0.717) is 36.3 Å². The predicted molar refractivity (Wildman–Crippen MR) is 104 cm³/mol. The summed E-state index contributed by atoms with van der Waals surface area (Å²) >= 11 is 5.98. The molecular formula is C20H23ClN4O3. The van der Waals surface area contributed by atoms with Gasteiger partial charge in [0.05, 0.1) is 23.9 Å². The van der Waals surface area contributed by atoms with E-state index < -0.39 is 6.04 Å². The minimum Gasteiger partial charge on any atom is -0.353 e. The van der Waals surface area contributed by atoms with Crippen molar-refractivity contribution < 1.29 is 14.4 Å². The standard InChI is InChI=1S/C20H23ClN4O3/c1-2-25-15-11-24(10-9-16(26)22-14-7-8-14)19(27)17(15)18(23-20(25)28)12-3-5-13(21)6-4-12/h3-6,14,18H,2,7-11H2,1H3,(H,22,26)(H,23,28). The van der Waals surface area contributed by atoms with Gasteiger partial charge in [-0.1, -0.05) is 23.7 Å². The first kappa shape index (κ1) is 18.8. The van der Waals surface area contributed by atoms with Crippen LogP contribution in [0.2, 0.25) is 5.02 Å². The molecule has 1 unspecified atom stereocenters. The maximum Gasteiger partial charge on any atom is 0.322 e. The lowest BCUT2D eigenvalue weighted by atomic mass is 9.95. The SMILES string of the molecule is CCN1C(=O)NC(c2ccc(Cl)cc2)C2=C1CN(CCC(=O)NC1CC1)C2=O. The predicted octanol–water partition coefficient (Wildman–Crippen LogP) is 2.19. The molecule has 1 atom stereocenters. The van der Waals surface area contributed by atoms with E-state index in [0.717, 1.165) is 24.1 Å². The van der Waals surface area contributed by atoms with Crippen LogP contribution in [0.1, 0.15) is 37.8 Å². The minimum atomic E-state index is -0.514. The Kier molecular flexibility index (Phi) is 5.02. The quantitative estimate of drug-likeness (QED) is 0.765. The normalized spacial score (nSPS) is 21.7. The molecule has 2 N–H and O–H groups in total. The average molecular weight is 403 g/mol. The molecule has 1 saturated carbocycles. The molecule has 1 fully saturated rings. The highest BCUT2D eigenvalue weighted by Gasteiger charge is 2.43. The molecule has 2 heterocycles. The molecule has 4 rings (SSSR count). The van der Waals surface area contributed by atoms with E-state index in [-0.39, 0.29) is 24.3 Å². The second-order valence-corrected chi connectivity index (χ2v) is 7.79. The molecule has 8 heteroatoms. The van der Waals surface area contributed by atoms with Crippen molar-refractivity contribution in [1.82, 2.24) is 20.4 Å². The Morgan fingerprint density at radius 3 is 2.61 bits per heavy atom. The number of rotatable bonds is 6. The molecule has 148 valence electrons. The monoisotopic (exact) mass is 402 g/mol. The van der Waals surface area contributed by atoms with Gasteiger partial charge in [-0.2, -0.15) is 0 Å². The number of likely N-dealkylation sites (N-methyl/N-ethyl adjacent to an activating group) is 1. The van der Waals surface area contributed by atoms with Gasteiger partial charge in [0.1, 0.15) is 0 Å². The van der Waals surface area contributed by atoms with E-state index in [2.05, 4.69) is 10.6 Å². The van der Waals surface area contributed by atoms with Crippen molar-refractivity contribution in [2.24, 2.45) is 0 Å². The van der Waals surface area contributed by atoms with Crippen LogP contribution < -0.4 is 10.6 Å². The number of carbonyl (C=O) groups excluding carboxylic acids is 3. The minimum absolute atomic E-state index is 0.0315. The third kappa shape index (κ3) is 3.58. The largest absolute Gasteiger partial charge is 0.353 e. The van der Waals surface area contributed by atoms with Crippen LogP contribution in [-0.4, -0.2) is 53.3 Å². The first-order chi connectivity index (χ1) is 13.5. The summed E-state index contributed by atoms with van der Waals surface area (Å²) in [6.07, 6.45) is 2.33. The zero-order valence-corrected chi connectivity index (χ0v) is 16.5. The molecule has 0 spiro atoms. The fourth-order valence-electron chi connectivity index (χ4n) is 3.73. The average Bonchev–Trinajstić information content (AvgIpc) is 3.42. The Morgan fingerprint density at radius 1 is 1.25 bits per heavy atom. The van der Waals surface area contributed by atoms with Gasteiger partial charge in [0, 0.05) is 30.6 Å². The molecule has 3 aliphatic rings. The highest BCUT2D eigenvalue weighted by Crippen LogP contribution is 2.36. The Balaban J connectivity index is 1.55. The van der Waals surface area contributed by atoms with Gasteiger partial charge in [-0.25, -0.2) is 4.79 Å². The Labute approximate surface area is 168 Å². The summed E-state index contributed by atoms with van der Waals surface area (Å²) in [4.78, 5) is 41.0. The number of amides is 4. The van der Waals surface area contributed by atoms with Gasteiger partial charge in [-0.05, 0) is 37.5 Å². The zero-order valence-electron chi connectivity index (χ0n) is 15.7. The molecule has 0 aromatic heterocycles. The van der Waals surface area contributed by atoms with Gasteiger partial charge >= 0.3 is 6.03 Å². The van der Waals surface area contributed by atoms with Crippen molar-refractivity contribution in [3.05, 3.63) is 46.1 Å². The Bertz CT molecular complexity index is 848. The maximum atomic E-state index is 13.1. The van der Waals surface area contributed by atoms with Crippen LogP contribution in [0.4, 0.5) is 4.79 Å². The maximum absolute atomic E-state index is 13.1. The molecule has 0 saturated heterocycles. The second-order valence-electron chi connectivity index (χ2n) is 7.36. The molecular weight excluding hydrogens is 380 g/mol. The Morgan fingerprint density at radius 2 is 1.96 bits per heavy atom. The second kappa shape index (κ2) is 7.47. The molecule has 1 aromatic rings. The van der Waals surface area contributed by atoms with E-state index in [1.54, 1.807) is 21.9 Å². The van der Waals surface area contributed by atoms with Crippen molar-refractivity contribution in [2.45, 2.75) is 38.3 Å². The lowest BCUT2D eigenvalue weighted by Crippen LogP contribution is -2.47. The zero-order chi connectivity index (χ0) is 19.8. The van der Waals surface area contributed by atoms with Crippen molar-refractivity contribution in [1.29, 1.82) is 0 Å². The summed E-state index contributed by atoms with van der Waals surface area (Å²) in [5.41, 5.74) is 2.10. The first-order valence-corrected chi connectivity index (χ1v) is 10.0. The van der Waals surface area contributed by atoms with Crippen LogP contribution in [0.15, 0.2) is 35.5 Å². The summed E-state index contributed by atoms with van der Waals surface area (Å²) in [6, 6.07) is 6.70. The summed E-state index contributed by atoms with van der Waals surface area (Å²) in [5.74, 6) is -0.163. The summed E-state index contributed by atoms with van der Waals surface area (Å²) < 4.78 is 0. The highest BCUT2D eigenvalue weighted by atomic mass is 35.5. The van der Waals surface area contributed by atoms with Crippen molar-refractivity contribution in [2.75, 3.05) is 19.6 Å². The van der Waals surface area contributed by atoms with Gasteiger partial charge in [-0.3, -0.25) is 14.5 Å². The van der Waals surface area contributed by atoms with Crippen LogP contribution in [0, 0.1) is 0 Å². The van der Waals surface area contributed by atoms with E-state index in [1.165, 1.54) is 0 Å². The first-order valence-electron chi connectivity index (χ1n) is 9.63. The number of carbonyl (C=O) groups is 3. The number of nitrogens with one attached hydrogen (secondary N) is 2. The number of nitrogens with zero attached hydrogens (tertiary/aromatic N) is 2. The van der Waals surface area contributed by atoms with Gasteiger partial charge in [0.15, 0.2) is 0 Å². The Hall–Kier alpha value is -2.54. The van der Waals surface area contributed by atoms with Gasteiger partial charge in [-0.15, -0.1) is 0 Å². The van der Waals surface area contributed by atoms with E-state index >= 15 is 0 Å². The van der Waals surface area contributed by atoms with Gasteiger partial charge in [0.2, 0.25) is 5.91 Å². The van der Waals surface area contributed by atoms with Crippen molar-refractivity contribution in [3.63, 3.8) is 0 Å². The lowest BCUT2D eigenvalue weighted by molar-refractivity contribution is -0.127. The fraction of sp³-hybridized carbons (Fsp3) is 0.450. The van der Waals surface area contributed by atoms with Crippen LogP contribution >= 0.6 is 11.6 Å². The van der Waals surface area contributed by atoms with Crippen molar-refractivity contribution in [3.8, 4) is 0 Å². The highest BCUT2D eigenvalue weighted by molar-refractivity contribution is 6.30. The number of hydrogen-bond donors (Lipinski definition) is 2. The van der Waals surface area contributed by atoms with Gasteiger partial charge in [0.25, 0.3) is 5.91 Å². The van der Waals surface area contributed by atoms with E-state index in [1.807, 2.05) is 19.1 Å². The number of benzene rings is 1. The van der Waals surface area contributed by atoms with E-state index in [9.17, 15) is 14.4 Å². The number of halogens is 1. The molecule has 28 heavy (non-hydrogen) atoms. The summed E-state index contributed by atoms with van der Waals surface area (Å²) in [6.45, 7) is 3.03. The fourth-order valence-corrected chi connectivity index (χ4v) is 3.86. The number of urea groups is 1.